The van der Waals surface area contributed by atoms with Crippen LogP contribution in [0, 0.1) is 18.8 Å². The van der Waals surface area contributed by atoms with Crippen LogP contribution in [0.15, 0.2) is 54.6 Å². The summed E-state index contributed by atoms with van der Waals surface area (Å²) < 4.78 is 0. The molecule has 0 amide bonds. The molecule has 2 aromatic carbocycles. The zero-order valence-corrected chi connectivity index (χ0v) is 17.2. The van der Waals surface area contributed by atoms with Crippen LogP contribution in [0.2, 0.25) is 0 Å². The number of carbonyl (C=O) groups excluding carboxylic acids is 1. The molecule has 144 valence electrons. The van der Waals surface area contributed by atoms with Crippen LogP contribution in [0.5, 0.6) is 0 Å². The number of rotatable bonds is 6. The number of nitrogens with zero attached hydrogens (tertiary/aromatic N) is 1. The van der Waals surface area contributed by atoms with Gasteiger partial charge in [0, 0.05) is 19.0 Å². The third-order valence-corrected chi connectivity index (χ3v) is 6.62. The minimum atomic E-state index is 0.0860. The molecule has 3 rings (SSSR count). The molecule has 0 aromatic heterocycles. The largest absolute Gasteiger partial charge is 0.302 e. The number of likely N-dealkylation sites (tertiary alicyclic amines) is 1. The van der Waals surface area contributed by atoms with Crippen molar-refractivity contribution in [2.45, 2.75) is 46.0 Å². The van der Waals surface area contributed by atoms with Gasteiger partial charge in [-0.15, -0.1) is 0 Å². The molecular weight excluding hydrogens is 330 g/mol. The predicted octanol–water partition coefficient (Wildman–Crippen LogP) is 5.04. The highest BCUT2D eigenvalue weighted by molar-refractivity contribution is 5.78. The molecule has 0 bridgehead atoms. The minimum absolute atomic E-state index is 0.0860. The molecule has 0 unspecified atom stereocenters. The van der Waals surface area contributed by atoms with E-state index in [1.165, 1.54) is 16.7 Å². The van der Waals surface area contributed by atoms with Crippen molar-refractivity contribution in [2.75, 3.05) is 19.6 Å². The number of ketones is 1. The average molecular weight is 364 g/mol. The lowest BCUT2D eigenvalue weighted by Crippen LogP contribution is -2.49. The monoisotopic (exact) mass is 363 g/mol. The average Bonchev–Trinajstić information content (AvgIpc) is 2.65. The molecule has 27 heavy (non-hydrogen) atoms. The fourth-order valence-electron chi connectivity index (χ4n) is 4.46. The number of piperidine rings is 1. The Hall–Kier alpha value is -1.93. The highest BCUT2D eigenvalue weighted by atomic mass is 16.1. The molecular formula is C25H33NO. The first-order valence-corrected chi connectivity index (χ1v) is 10.2. The smallest absolute Gasteiger partial charge is 0.134 e. The van der Waals surface area contributed by atoms with Crippen molar-refractivity contribution in [1.29, 1.82) is 0 Å². The maximum atomic E-state index is 12.3. The Labute approximate surface area is 164 Å². The summed E-state index contributed by atoms with van der Waals surface area (Å²) in [4.78, 5) is 14.8. The second kappa shape index (κ2) is 8.39. The zero-order chi connectivity index (χ0) is 19.4. The van der Waals surface area contributed by atoms with Crippen molar-refractivity contribution >= 4 is 5.78 Å². The molecule has 1 aliphatic heterocycles. The second-order valence-electron chi connectivity index (χ2n) is 8.69. The van der Waals surface area contributed by atoms with Crippen molar-refractivity contribution in [1.82, 2.24) is 4.90 Å². The molecule has 0 N–H and O–H groups in total. The molecule has 2 aromatic rings. The van der Waals surface area contributed by atoms with Crippen LogP contribution in [0.4, 0.5) is 0 Å². The van der Waals surface area contributed by atoms with Crippen LogP contribution in [0.1, 0.15) is 43.9 Å². The van der Waals surface area contributed by atoms with E-state index in [-0.39, 0.29) is 11.3 Å². The van der Waals surface area contributed by atoms with Crippen molar-refractivity contribution in [3.05, 3.63) is 71.3 Å². The minimum Gasteiger partial charge on any atom is -0.302 e. The Morgan fingerprint density at radius 3 is 2.56 bits per heavy atom. The van der Waals surface area contributed by atoms with E-state index in [9.17, 15) is 4.79 Å². The normalized spacial score (nSPS) is 24.5. The first-order chi connectivity index (χ1) is 12.9. The van der Waals surface area contributed by atoms with E-state index in [0.29, 0.717) is 11.7 Å². The van der Waals surface area contributed by atoms with E-state index in [1.807, 2.05) is 6.07 Å². The molecule has 2 heteroatoms. The Kier molecular flexibility index (Phi) is 6.16. The van der Waals surface area contributed by atoms with Gasteiger partial charge in [-0.05, 0) is 55.7 Å². The zero-order valence-electron chi connectivity index (χ0n) is 17.2. The highest BCUT2D eigenvalue weighted by Gasteiger charge is 2.38. The summed E-state index contributed by atoms with van der Waals surface area (Å²) in [5, 5.41) is 0. The van der Waals surface area contributed by atoms with Gasteiger partial charge in [0.15, 0.2) is 0 Å². The summed E-state index contributed by atoms with van der Waals surface area (Å²) in [5.74, 6) is 0.957. The Balaban J connectivity index is 1.67. The van der Waals surface area contributed by atoms with Crippen LogP contribution in [0.3, 0.4) is 0 Å². The Morgan fingerprint density at radius 1 is 1.19 bits per heavy atom. The summed E-state index contributed by atoms with van der Waals surface area (Å²) in [7, 11) is 0. The second-order valence-corrected chi connectivity index (χ2v) is 8.69. The number of hydrogen-bond donors (Lipinski definition) is 0. The van der Waals surface area contributed by atoms with E-state index in [4.69, 9.17) is 0 Å². The molecule has 0 spiro atoms. The van der Waals surface area contributed by atoms with Crippen LogP contribution in [-0.2, 0) is 16.6 Å². The van der Waals surface area contributed by atoms with Crippen LogP contribution in [-0.4, -0.2) is 30.3 Å². The van der Waals surface area contributed by atoms with Gasteiger partial charge in [0.1, 0.15) is 5.78 Å². The maximum absolute atomic E-state index is 12.3. The highest BCUT2D eigenvalue weighted by Crippen LogP contribution is 2.39. The summed E-state index contributed by atoms with van der Waals surface area (Å²) in [6.45, 7) is 11.7. The van der Waals surface area contributed by atoms with Crippen molar-refractivity contribution < 1.29 is 4.79 Å². The molecule has 0 saturated carbocycles. The van der Waals surface area contributed by atoms with E-state index in [0.717, 1.165) is 32.5 Å². The summed E-state index contributed by atoms with van der Waals surface area (Å²) >= 11 is 0. The number of benzene rings is 2. The number of hydrogen-bond acceptors (Lipinski definition) is 2. The van der Waals surface area contributed by atoms with Crippen molar-refractivity contribution in [2.24, 2.45) is 11.8 Å². The lowest BCUT2D eigenvalue weighted by Gasteiger charge is -2.46. The Morgan fingerprint density at radius 2 is 1.93 bits per heavy atom. The maximum Gasteiger partial charge on any atom is 0.134 e. The van der Waals surface area contributed by atoms with Gasteiger partial charge in [-0.2, -0.15) is 0 Å². The summed E-state index contributed by atoms with van der Waals surface area (Å²) in [6, 6.07) is 19.4. The van der Waals surface area contributed by atoms with Crippen molar-refractivity contribution in [3.63, 3.8) is 0 Å². The van der Waals surface area contributed by atoms with Gasteiger partial charge in [0.25, 0.3) is 0 Å². The topological polar surface area (TPSA) is 20.3 Å². The molecule has 1 aliphatic rings. The standard InChI is InChI=1S/C25H33NO/c1-19-9-8-12-24(15-19)25(4)13-14-26(17-20(25)2)18-23(21(3)27)16-22-10-6-5-7-11-22/h5-12,15,20,23H,13-14,16-18H2,1-4H3/t20-,23+,25+/m0/s1. The number of Topliss-reactive ketones (excluding diaryl/α,β-unsaturated/α-hetero) is 1. The van der Waals surface area contributed by atoms with E-state index in [1.54, 1.807) is 6.92 Å². The lowest BCUT2D eigenvalue weighted by atomic mass is 9.67. The van der Waals surface area contributed by atoms with Crippen LogP contribution < -0.4 is 0 Å². The van der Waals surface area contributed by atoms with Gasteiger partial charge in [-0.25, -0.2) is 0 Å². The molecule has 3 atom stereocenters. The van der Waals surface area contributed by atoms with Gasteiger partial charge in [-0.3, -0.25) is 4.79 Å². The van der Waals surface area contributed by atoms with E-state index in [2.05, 4.69) is 74.2 Å². The van der Waals surface area contributed by atoms with Gasteiger partial charge in [0.05, 0.1) is 0 Å². The van der Waals surface area contributed by atoms with Gasteiger partial charge >= 0.3 is 0 Å². The van der Waals surface area contributed by atoms with Crippen molar-refractivity contribution in [3.8, 4) is 0 Å². The first-order valence-electron chi connectivity index (χ1n) is 10.2. The molecule has 2 nitrogen and oxygen atoms in total. The van der Waals surface area contributed by atoms with Crippen LogP contribution in [0.25, 0.3) is 0 Å². The third kappa shape index (κ3) is 4.68. The van der Waals surface area contributed by atoms with Gasteiger partial charge in [-0.1, -0.05) is 74.0 Å². The Bertz CT molecular complexity index is 769. The lowest BCUT2D eigenvalue weighted by molar-refractivity contribution is -0.121. The van der Waals surface area contributed by atoms with E-state index < -0.39 is 0 Å². The first kappa shape index (κ1) is 19.8. The summed E-state index contributed by atoms with van der Waals surface area (Å²) in [6.07, 6.45) is 1.99. The fourth-order valence-corrected chi connectivity index (χ4v) is 4.46. The molecule has 1 fully saturated rings. The van der Waals surface area contributed by atoms with Gasteiger partial charge < -0.3 is 4.90 Å². The molecule has 1 heterocycles. The number of aryl methyl sites for hydroxylation is 1. The third-order valence-electron chi connectivity index (χ3n) is 6.62. The SMILES string of the molecule is CC(=O)[C@H](Cc1ccccc1)CN1CC[C@@](C)(c2cccc(C)c2)[C@@H](C)C1. The molecule has 1 saturated heterocycles. The van der Waals surface area contributed by atoms with Crippen LogP contribution >= 0.6 is 0 Å². The van der Waals surface area contributed by atoms with Gasteiger partial charge in [0.2, 0.25) is 0 Å². The van der Waals surface area contributed by atoms with E-state index >= 15 is 0 Å². The molecule has 0 radical (unpaired) electrons. The number of carbonyl (C=O) groups is 1. The fraction of sp³-hybridized carbons (Fsp3) is 0.480. The summed E-state index contributed by atoms with van der Waals surface area (Å²) in [5.41, 5.74) is 4.27. The predicted molar refractivity (Wildman–Crippen MR) is 113 cm³/mol. The quantitative estimate of drug-likeness (QED) is 0.716. The molecule has 0 aliphatic carbocycles.